The fourth-order valence-corrected chi connectivity index (χ4v) is 2.73. The molecule has 0 radical (unpaired) electrons. The summed E-state index contributed by atoms with van der Waals surface area (Å²) in [6, 6.07) is 12.8. The molecule has 2 aromatic heterocycles. The smallest absolute Gasteiger partial charge is 0.340 e. The Balaban J connectivity index is 2.04. The van der Waals surface area contributed by atoms with Gasteiger partial charge in [0.1, 0.15) is 11.8 Å². The molecule has 6 heteroatoms. The first-order valence-electron chi connectivity index (χ1n) is 7.99. The topological polar surface area (TPSA) is 84.0 Å². The van der Waals surface area contributed by atoms with Crippen molar-refractivity contribution >= 4 is 22.4 Å². The number of nitrogens with zero attached hydrogens (tertiary/aromatic N) is 2. The van der Waals surface area contributed by atoms with Gasteiger partial charge in [0.2, 0.25) is 0 Å². The molecule has 0 fully saturated rings. The summed E-state index contributed by atoms with van der Waals surface area (Å²) in [4.78, 5) is 12.6. The van der Waals surface area contributed by atoms with Gasteiger partial charge in [0.05, 0.1) is 29.3 Å². The van der Waals surface area contributed by atoms with Crippen molar-refractivity contribution in [2.75, 3.05) is 13.2 Å². The number of aromatic nitrogens is 1. The third-order valence-corrected chi connectivity index (χ3v) is 3.89. The Kier molecular flexibility index (Phi) is 4.87. The zero-order valence-corrected chi connectivity index (χ0v) is 13.8. The van der Waals surface area contributed by atoms with E-state index in [1.54, 1.807) is 25.1 Å². The van der Waals surface area contributed by atoms with Gasteiger partial charge in [-0.2, -0.15) is 5.26 Å². The number of rotatable bonds is 6. The highest BCUT2D eigenvalue weighted by atomic mass is 16.5. The quantitative estimate of drug-likeness (QED) is 0.699. The molecule has 0 aliphatic heterocycles. The maximum absolute atomic E-state index is 12.6. The molecule has 0 bridgehead atoms. The third kappa shape index (κ3) is 3.42. The lowest BCUT2D eigenvalue weighted by molar-refractivity contribution is 0.0448. The molecular formula is C19H18N2O4. The van der Waals surface area contributed by atoms with Crippen LogP contribution in [0.25, 0.3) is 16.4 Å². The highest BCUT2D eigenvalue weighted by Gasteiger charge is 2.20. The predicted octanol–water partition coefficient (Wildman–Crippen LogP) is 2.92. The Morgan fingerprint density at radius 1 is 1.32 bits per heavy atom. The number of fused-ring (bicyclic) bond motifs is 3. The molecule has 3 aromatic rings. The van der Waals surface area contributed by atoms with E-state index in [4.69, 9.17) is 14.7 Å². The van der Waals surface area contributed by atoms with Gasteiger partial charge in [0, 0.05) is 24.1 Å². The maximum atomic E-state index is 12.6. The van der Waals surface area contributed by atoms with Crippen molar-refractivity contribution in [3.63, 3.8) is 0 Å². The number of benzene rings is 1. The molecule has 0 amide bonds. The van der Waals surface area contributed by atoms with Crippen molar-refractivity contribution in [3.8, 4) is 11.8 Å². The minimum Gasteiger partial charge on any atom is -0.479 e. The number of nitriles is 1. The van der Waals surface area contributed by atoms with Crippen molar-refractivity contribution in [3.05, 3.63) is 48.2 Å². The van der Waals surface area contributed by atoms with E-state index in [0.29, 0.717) is 17.7 Å². The van der Waals surface area contributed by atoms with Crippen LogP contribution < -0.4 is 4.74 Å². The van der Waals surface area contributed by atoms with Gasteiger partial charge in [0.25, 0.3) is 0 Å². The van der Waals surface area contributed by atoms with Crippen molar-refractivity contribution in [2.45, 2.75) is 19.4 Å². The van der Waals surface area contributed by atoms with Crippen LogP contribution in [0.5, 0.6) is 5.75 Å². The molecule has 6 nitrogen and oxygen atoms in total. The zero-order chi connectivity index (χ0) is 17.8. The van der Waals surface area contributed by atoms with Gasteiger partial charge < -0.3 is 19.0 Å². The van der Waals surface area contributed by atoms with E-state index in [-0.39, 0.29) is 13.2 Å². The van der Waals surface area contributed by atoms with E-state index in [1.807, 2.05) is 34.9 Å². The number of aliphatic hydroxyl groups excluding tert-OH is 1. The summed E-state index contributed by atoms with van der Waals surface area (Å²) in [6.45, 7) is 1.77. The molecule has 0 saturated heterocycles. The van der Waals surface area contributed by atoms with Crippen LogP contribution in [0.4, 0.5) is 0 Å². The average molecular weight is 338 g/mol. The molecule has 128 valence electrons. The van der Waals surface area contributed by atoms with Crippen molar-refractivity contribution in [2.24, 2.45) is 0 Å². The van der Waals surface area contributed by atoms with Gasteiger partial charge in [-0.1, -0.05) is 6.07 Å². The molecule has 1 unspecified atom stereocenters. The SMILES string of the molecule is CC(O)CCOC(=O)c1c2ccc(OCC#N)cc2n2ccccc12. The van der Waals surface area contributed by atoms with Crippen LogP contribution in [-0.4, -0.2) is 34.8 Å². The first-order valence-corrected chi connectivity index (χ1v) is 7.99. The van der Waals surface area contributed by atoms with Crippen molar-refractivity contribution in [1.82, 2.24) is 4.40 Å². The number of esters is 1. The monoisotopic (exact) mass is 338 g/mol. The molecule has 0 saturated carbocycles. The van der Waals surface area contributed by atoms with Crippen LogP contribution in [0.3, 0.4) is 0 Å². The first kappa shape index (κ1) is 16.8. The van der Waals surface area contributed by atoms with Crippen LogP contribution >= 0.6 is 0 Å². The van der Waals surface area contributed by atoms with Crippen molar-refractivity contribution < 1.29 is 19.4 Å². The van der Waals surface area contributed by atoms with Gasteiger partial charge in [-0.15, -0.1) is 0 Å². The third-order valence-electron chi connectivity index (χ3n) is 3.89. The molecule has 0 spiro atoms. The molecular weight excluding hydrogens is 320 g/mol. The molecule has 1 atom stereocenters. The fourth-order valence-electron chi connectivity index (χ4n) is 2.73. The minimum absolute atomic E-state index is 0.0386. The summed E-state index contributed by atoms with van der Waals surface area (Å²) in [6.07, 6.45) is 1.73. The number of ether oxygens (including phenoxy) is 2. The number of pyridine rings is 1. The summed E-state index contributed by atoms with van der Waals surface area (Å²) < 4.78 is 12.6. The lowest BCUT2D eigenvalue weighted by Gasteiger charge is -2.06. The van der Waals surface area contributed by atoms with E-state index >= 15 is 0 Å². The van der Waals surface area contributed by atoms with Crippen LogP contribution in [0.2, 0.25) is 0 Å². The molecule has 1 N–H and O–H groups in total. The number of aliphatic hydroxyl groups is 1. The van der Waals surface area contributed by atoms with Crippen LogP contribution in [0.15, 0.2) is 42.6 Å². The number of hydrogen-bond acceptors (Lipinski definition) is 5. The normalized spacial score (nSPS) is 12.0. The molecule has 0 aliphatic carbocycles. The van der Waals surface area contributed by atoms with Crippen LogP contribution in [-0.2, 0) is 4.74 Å². The lowest BCUT2D eigenvalue weighted by atomic mass is 10.1. The second-order valence-electron chi connectivity index (χ2n) is 5.73. The van der Waals surface area contributed by atoms with E-state index in [9.17, 15) is 9.90 Å². The van der Waals surface area contributed by atoms with Gasteiger partial charge in [-0.25, -0.2) is 4.79 Å². The Labute approximate surface area is 144 Å². The van der Waals surface area contributed by atoms with Gasteiger partial charge in [-0.3, -0.25) is 0 Å². The summed E-state index contributed by atoms with van der Waals surface area (Å²) in [5.74, 6) is 0.136. The largest absolute Gasteiger partial charge is 0.479 e. The summed E-state index contributed by atoms with van der Waals surface area (Å²) >= 11 is 0. The van der Waals surface area contributed by atoms with Gasteiger partial charge in [0.15, 0.2) is 6.61 Å². The summed E-state index contributed by atoms with van der Waals surface area (Å²) in [5, 5.41) is 18.7. The number of carbonyl (C=O) groups is 1. The first-order chi connectivity index (χ1) is 12.1. The molecule has 3 rings (SSSR count). The van der Waals surface area contributed by atoms with E-state index in [1.165, 1.54) is 0 Å². The Hall–Kier alpha value is -3.04. The van der Waals surface area contributed by atoms with E-state index in [0.717, 1.165) is 16.4 Å². The van der Waals surface area contributed by atoms with E-state index in [2.05, 4.69) is 0 Å². The Bertz CT molecular complexity index is 953. The average Bonchev–Trinajstić information content (AvgIpc) is 2.93. The minimum atomic E-state index is -0.518. The Morgan fingerprint density at radius 2 is 2.16 bits per heavy atom. The highest BCUT2D eigenvalue weighted by molar-refractivity contribution is 6.11. The number of hydrogen-bond donors (Lipinski definition) is 1. The van der Waals surface area contributed by atoms with Gasteiger partial charge >= 0.3 is 5.97 Å². The van der Waals surface area contributed by atoms with Gasteiger partial charge in [-0.05, 0) is 31.2 Å². The summed E-state index contributed by atoms with van der Waals surface area (Å²) in [5.41, 5.74) is 2.01. The second kappa shape index (κ2) is 7.24. The Morgan fingerprint density at radius 3 is 2.92 bits per heavy atom. The standard InChI is InChI=1S/C19H18N2O4/c1-13(22)7-10-25-19(23)18-15-6-5-14(24-11-8-20)12-17(15)21-9-3-2-4-16(18)21/h2-6,9,12-13,22H,7,10-11H2,1H3. The maximum Gasteiger partial charge on any atom is 0.340 e. The van der Waals surface area contributed by atoms with Crippen LogP contribution in [0.1, 0.15) is 23.7 Å². The number of carbonyl (C=O) groups excluding carboxylic acids is 1. The van der Waals surface area contributed by atoms with Crippen LogP contribution in [0, 0.1) is 11.3 Å². The molecule has 25 heavy (non-hydrogen) atoms. The lowest BCUT2D eigenvalue weighted by Crippen LogP contribution is -2.11. The molecule has 0 aliphatic rings. The predicted molar refractivity (Wildman–Crippen MR) is 92.6 cm³/mol. The molecule has 2 heterocycles. The van der Waals surface area contributed by atoms with E-state index < -0.39 is 12.1 Å². The second-order valence-corrected chi connectivity index (χ2v) is 5.73. The highest BCUT2D eigenvalue weighted by Crippen LogP contribution is 2.30. The van der Waals surface area contributed by atoms with Crippen molar-refractivity contribution in [1.29, 1.82) is 5.26 Å². The summed E-state index contributed by atoms with van der Waals surface area (Å²) in [7, 11) is 0. The zero-order valence-electron chi connectivity index (χ0n) is 13.8. The fraction of sp³-hybridized carbons (Fsp3) is 0.263. The molecule has 1 aromatic carbocycles.